The van der Waals surface area contributed by atoms with Crippen molar-refractivity contribution in [2.24, 2.45) is 11.8 Å². The highest BCUT2D eigenvalue weighted by Crippen LogP contribution is 2.39. The van der Waals surface area contributed by atoms with E-state index in [0.717, 1.165) is 6.54 Å². The van der Waals surface area contributed by atoms with Gasteiger partial charge in [-0.2, -0.15) is 0 Å². The Morgan fingerprint density at radius 3 is 2.61 bits per heavy atom. The molecule has 0 saturated heterocycles. The fourth-order valence-electron chi connectivity index (χ4n) is 2.29. The maximum atomic E-state index is 12.2. The molecule has 2 unspecified atom stereocenters. The zero-order valence-corrected chi connectivity index (χ0v) is 14.3. The van der Waals surface area contributed by atoms with Crippen LogP contribution in [-0.2, 0) is 9.59 Å². The maximum absolute atomic E-state index is 12.2. The number of hydrogen-bond acceptors (Lipinski definition) is 4. The molecule has 1 fully saturated rings. The Morgan fingerprint density at radius 2 is 2.00 bits per heavy atom. The van der Waals surface area contributed by atoms with Crippen LogP contribution < -0.4 is 15.4 Å². The zero-order chi connectivity index (χ0) is 17.0. The normalized spacial score (nSPS) is 19.3. The quantitative estimate of drug-likeness (QED) is 0.791. The van der Waals surface area contributed by atoms with Crippen LogP contribution in [0.3, 0.4) is 0 Å². The van der Waals surface area contributed by atoms with E-state index in [-0.39, 0.29) is 23.7 Å². The minimum Gasteiger partial charge on any atom is -0.495 e. The highest BCUT2D eigenvalue weighted by atomic mass is 35.5. The van der Waals surface area contributed by atoms with Crippen molar-refractivity contribution in [1.82, 2.24) is 10.2 Å². The summed E-state index contributed by atoms with van der Waals surface area (Å²) in [6, 6.07) is 5.04. The number of carbonyl (C=O) groups is 2. The van der Waals surface area contributed by atoms with Gasteiger partial charge in [-0.3, -0.25) is 9.59 Å². The van der Waals surface area contributed by atoms with Crippen LogP contribution >= 0.6 is 11.6 Å². The lowest BCUT2D eigenvalue weighted by atomic mass is 10.2. The number of rotatable bonds is 7. The molecule has 126 valence electrons. The molecule has 0 aliphatic heterocycles. The van der Waals surface area contributed by atoms with Gasteiger partial charge in [0.15, 0.2) is 0 Å². The highest BCUT2D eigenvalue weighted by Gasteiger charge is 2.47. The van der Waals surface area contributed by atoms with Crippen LogP contribution in [0.1, 0.15) is 6.42 Å². The first-order valence-electron chi connectivity index (χ1n) is 7.49. The van der Waals surface area contributed by atoms with Gasteiger partial charge in [0.1, 0.15) is 5.75 Å². The molecule has 1 aliphatic rings. The molecule has 1 aromatic rings. The van der Waals surface area contributed by atoms with E-state index in [2.05, 4.69) is 10.6 Å². The highest BCUT2D eigenvalue weighted by molar-refractivity contribution is 6.32. The summed E-state index contributed by atoms with van der Waals surface area (Å²) in [5.41, 5.74) is 0.597. The number of likely N-dealkylation sites (N-methyl/N-ethyl adjacent to an activating group) is 1. The van der Waals surface area contributed by atoms with E-state index in [1.54, 1.807) is 18.2 Å². The van der Waals surface area contributed by atoms with Crippen molar-refractivity contribution >= 4 is 29.1 Å². The van der Waals surface area contributed by atoms with E-state index in [4.69, 9.17) is 16.3 Å². The molecule has 0 aromatic heterocycles. The Morgan fingerprint density at radius 1 is 1.30 bits per heavy atom. The monoisotopic (exact) mass is 339 g/mol. The van der Waals surface area contributed by atoms with E-state index in [9.17, 15) is 9.59 Å². The zero-order valence-electron chi connectivity index (χ0n) is 13.6. The van der Waals surface area contributed by atoms with Crippen molar-refractivity contribution in [3.8, 4) is 5.75 Å². The topological polar surface area (TPSA) is 70.7 Å². The Balaban J connectivity index is 1.81. The third-order valence-corrected chi connectivity index (χ3v) is 4.04. The lowest BCUT2D eigenvalue weighted by Crippen LogP contribution is -2.33. The molecule has 0 heterocycles. The van der Waals surface area contributed by atoms with Gasteiger partial charge < -0.3 is 20.3 Å². The molecule has 0 spiro atoms. The van der Waals surface area contributed by atoms with Gasteiger partial charge in [0.2, 0.25) is 11.8 Å². The smallest absolute Gasteiger partial charge is 0.228 e. The molecule has 6 nitrogen and oxygen atoms in total. The number of ether oxygens (including phenoxy) is 1. The van der Waals surface area contributed by atoms with E-state index in [1.165, 1.54) is 7.11 Å². The predicted molar refractivity (Wildman–Crippen MR) is 89.8 cm³/mol. The number of nitrogens with one attached hydrogen (secondary N) is 2. The second-order valence-electron chi connectivity index (χ2n) is 5.88. The second kappa shape index (κ2) is 7.66. The van der Waals surface area contributed by atoms with E-state index in [1.807, 2.05) is 19.0 Å². The van der Waals surface area contributed by atoms with Gasteiger partial charge in [-0.15, -0.1) is 0 Å². The van der Waals surface area contributed by atoms with Crippen molar-refractivity contribution in [2.75, 3.05) is 39.6 Å². The Kier molecular flexibility index (Phi) is 5.85. The first-order valence-corrected chi connectivity index (χ1v) is 7.87. The van der Waals surface area contributed by atoms with Crippen LogP contribution in [0.2, 0.25) is 5.02 Å². The molecular formula is C16H22ClN3O3. The van der Waals surface area contributed by atoms with Gasteiger partial charge in [0.25, 0.3) is 0 Å². The number of hydrogen-bond donors (Lipinski definition) is 2. The minimum absolute atomic E-state index is 0.0558. The summed E-state index contributed by atoms with van der Waals surface area (Å²) < 4.78 is 5.07. The summed E-state index contributed by atoms with van der Waals surface area (Å²) in [6.45, 7) is 1.37. The molecule has 0 bridgehead atoms. The van der Waals surface area contributed by atoms with Crippen molar-refractivity contribution in [2.45, 2.75) is 6.42 Å². The standard InChI is InChI=1S/C16H22ClN3O3/c1-20(2)7-6-18-15(21)11-9-12(11)16(22)19-10-4-5-14(23-3)13(17)8-10/h4-5,8,11-12H,6-7,9H2,1-3H3,(H,18,21)(H,19,22). The molecule has 2 rings (SSSR count). The van der Waals surface area contributed by atoms with Gasteiger partial charge >= 0.3 is 0 Å². The predicted octanol–water partition coefficient (Wildman–Crippen LogP) is 1.60. The molecule has 23 heavy (non-hydrogen) atoms. The fraction of sp³-hybridized carbons (Fsp3) is 0.500. The lowest BCUT2D eigenvalue weighted by Gasteiger charge is -2.10. The SMILES string of the molecule is COc1ccc(NC(=O)C2CC2C(=O)NCCN(C)C)cc1Cl. The van der Waals surface area contributed by atoms with Crippen LogP contribution in [0, 0.1) is 11.8 Å². The number of halogens is 1. The average molecular weight is 340 g/mol. The third-order valence-electron chi connectivity index (χ3n) is 3.74. The van der Waals surface area contributed by atoms with Gasteiger partial charge in [-0.25, -0.2) is 0 Å². The number of benzene rings is 1. The van der Waals surface area contributed by atoms with Crippen molar-refractivity contribution in [1.29, 1.82) is 0 Å². The van der Waals surface area contributed by atoms with Crippen LogP contribution in [0.5, 0.6) is 5.75 Å². The third kappa shape index (κ3) is 4.84. The number of amides is 2. The molecule has 2 atom stereocenters. The minimum atomic E-state index is -0.268. The lowest BCUT2D eigenvalue weighted by molar-refractivity contribution is -0.125. The molecule has 0 radical (unpaired) electrons. The summed E-state index contributed by atoms with van der Waals surface area (Å²) in [6.07, 6.45) is 0.587. The number of anilines is 1. The average Bonchev–Trinajstić information content (AvgIpc) is 3.27. The molecular weight excluding hydrogens is 318 g/mol. The summed E-state index contributed by atoms with van der Waals surface area (Å²) in [5.74, 6) is -0.158. The second-order valence-corrected chi connectivity index (χ2v) is 6.29. The van der Waals surface area contributed by atoms with E-state index < -0.39 is 0 Å². The van der Waals surface area contributed by atoms with Crippen LogP contribution in [-0.4, -0.2) is 51.0 Å². The summed E-state index contributed by atoms with van der Waals surface area (Å²) in [7, 11) is 5.42. The molecule has 7 heteroatoms. The summed E-state index contributed by atoms with van der Waals surface area (Å²) >= 11 is 6.03. The molecule has 1 aliphatic carbocycles. The number of methoxy groups -OCH3 is 1. The fourth-order valence-corrected chi connectivity index (χ4v) is 2.55. The van der Waals surface area contributed by atoms with Crippen molar-refractivity contribution in [3.63, 3.8) is 0 Å². The van der Waals surface area contributed by atoms with Gasteiger partial charge in [0, 0.05) is 18.8 Å². The van der Waals surface area contributed by atoms with Crippen LogP contribution in [0.15, 0.2) is 18.2 Å². The molecule has 1 aromatic carbocycles. The Bertz CT molecular complexity index is 592. The molecule has 1 saturated carbocycles. The van der Waals surface area contributed by atoms with Gasteiger partial charge in [-0.05, 0) is 38.7 Å². The van der Waals surface area contributed by atoms with Crippen molar-refractivity contribution in [3.05, 3.63) is 23.2 Å². The van der Waals surface area contributed by atoms with E-state index in [0.29, 0.717) is 29.4 Å². The van der Waals surface area contributed by atoms with Crippen LogP contribution in [0.25, 0.3) is 0 Å². The number of carbonyl (C=O) groups excluding carboxylic acids is 2. The Hall–Kier alpha value is -1.79. The first kappa shape index (κ1) is 17.6. The molecule has 2 amide bonds. The Labute approximate surface area is 141 Å². The molecule has 2 N–H and O–H groups in total. The van der Waals surface area contributed by atoms with Crippen LogP contribution in [0.4, 0.5) is 5.69 Å². The summed E-state index contributed by atoms with van der Waals surface area (Å²) in [5, 5.41) is 6.07. The van der Waals surface area contributed by atoms with Gasteiger partial charge in [0.05, 0.1) is 24.0 Å². The number of nitrogens with zero attached hydrogens (tertiary/aromatic N) is 1. The largest absolute Gasteiger partial charge is 0.495 e. The van der Waals surface area contributed by atoms with Crippen molar-refractivity contribution < 1.29 is 14.3 Å². The first-order chi connectivity index (χ1) is 10.9. The maximum Gasteiger partial charge on any atom is 0.228 e. The van der Waals surface area contributed by atoms with Gasteiger partial charge in [-0.1, -0.05) is 11.6 Å². The van der Waals surface area contributed by atoms with E-state index >= 15 is 0 Å². The summed E-state index contributed by atoms with van der Waals surface area (Å²) in [4.78, 5) is 26.1.